The van der Waals surface area contributed by atoms with Gasteiger partial charge in [-0.1, -0.05) is 13.8 Å². The van der Waals surface area contributed by atoms with E-state index in [-0.39, 0.29) is 11.5 Å². The van der Waals surface area contributed by atoms with Crippen LogP contribution in [0, 0.1) is 17.3 Å². The third kappa shape index (κ3) is 1.77. The highest BCUT2D eigenvalue weighted by molar-refractivity contribution is 7.86. The third-order valence-corrected chi connectivity index (χ3v) is 5.19. The van der Waals surface area contributed by atoms with Crippen molar-refractivity contribution in [2.24, 2.45) is 22.4 Å². The van der Waals surface area contributed by atoms with Crippen molar-refractivity contribution in [2.45, 2.75) is 32.8 Å². The summed E-state index contributed by atoms with van der Waals surface area (Å²) in [5.41, 5.74) is -0.221. The number of aliphatic hydroxyl groups is 1. The smallest absolute Gasteiger partial charge is 0.276 e. The zero-order valence-electron chi connectivity index (χ0n) is 9.76. The molecule has 0 amide bonds. The second-order valence-corrected chi connectivity index (χ2v) is 7.11. The van der Waals surface area contributed by atoms with Gasteiger partial charge in [0.15, 0.2) is 0 Å². The van der Waals surface area contributed by atoms with Crippen LogP contribution in [0.5, 0.6) is 0 Å². The minimum Gasteiger partial charge on any atom is -0.392 e. The predicted molar refractivity (Wildman–Crippen MR) is 60.7 cm³/mol. The van der Waals surface area contributed by atoms with Crippen molar-refractivity contribution in [3.63, 3.8) is 0 Å². The highest BCUT2D eigenvalue weighted by Gasteiger charge is 2.57. The molecular weight excluding hydrogens is 228 g/mol. The first-order valence-corrected chi connectivity index (χ1v) is 7.22. The van der Waals surface area contributed by atoms with Gasteiger partial charge in [-0.05, 0) is 24.7 Å². The lowest BCUT2D eigenvalue weighted by atomic mass is 9.75. The minimum absolute atomic E-state index is 0.221. The average Bonchev–Trinajstić information content (AvgIpc) is 2.37. The van der Waals surface area contributed by atoms with E-state index in [9.17, 15) is 13.5 Å². The molecule has 0 aromatic carbocycles. The van der Waals surface area contributed by atoms with Crippen molar-refractivity contribution in [1.82, 2.24) is 4.31 Å². The molecule has 3 N–H and O–H groups in total. The van der Waals surface area contributed by atoms with Crippen LogP contribution in [0.4, 0.5) is 0 Å². The Hall–Kier alpha value is -0.170. The first-order valence-electron chi connectivity index (χ1n) is 5.72. The van der Waals surface area contributed by atoms with E-state index in [1.165, 1.54) is 4.31 Å². The molecule has 1 aliphatic carbocycles. The molecule has 0 aromatic rings. The first kappa shape index (κ1) is 12.3. The zero-order chi connectivity index (χ0) is 12.1. The Morgan fingerprint density at radius 2 is 2.00 bits per heavy atom. The van der Waals surface area contributed by atoms with Gasteiger partial charge in [0.2, 0.25) is 0 Å². The van der Waals surface area contributed by atoms with Gasteiger partial charge in [0.05, 0.1) is 6.10 Å². The Morgan fingerprint density at radius 3 is 2.38 bits per heavy atom. The Kier molecular flexibility index (Phi) is 2.81. The summed E-state index contributed by atoms with van der Waals surface area (Å²) < 4.78 is 23.4. The molecule has 1 spiro atoms. The maximum atomic E-state index is 11.1. The Labute approximate surface area is 96.8 Å². The van der Waals surface area contributed by atoms with E-state index < -0.39 is 10.2 Å². The van der Waals surface area contributed by atoms with Crippen LogP contribution in [0.3, 0.4) is 0 Å². The molecule has 2 fully saturated rings. The van der Waals surface area contributed by atoms with Crippen LogP contribution in [-0.4, -0.2) is 37.0 Å². The molecule has 1 heterocycles. The van der Waals surface area contributed by atoms with Gasteiger partial charge in [0.1, 0.15) is 0 Å². The average molecular weight is 248 g/mol. The molecular formula is C10H20N2O3S. The standard InChI is InChI=1S/C10H20N2O3S/c1-7(2)8-3-4-10(9(8)13)5-12(6-10)16(11,14)15/h7-9,13H,3-6H2,1-2H3,(H2,11,14,15). The third-order valence-electron chi connectivity index (χ3n) is 4.21. The van der Waals surface area contributed by atoms with E-state index in [1.54, 1.807) is 0 Å². The quantitative estimate of drug-likeness (QED) is 0.717. The summed E-state index contributed by atoms with van der Waals surface area (Å²) in [4.78, 5) is 0. The van der Waals surface area contributed by atoms with Gasteiger partial charge in [0, 0.05) is 18.5 Å². The number of rotatable bonds is 2. The molecule has 2 unspecified atom stereocenters. The SMILES string of the molecule is CC(C)C1CCC2(CN(S(N)(=O)=O)C2)C1O. The van der Waals surface area contributed by atoms with Gasteiger partial charge < -0.3 is 5.11 Å². The van der Waals surface area contributed by atoms with Gasteiger partial charge in [-0.3, -0.25) is 0 Å². The number of nitrogens with zero attached hydrogens (tertiary/aromatic N) is 1. The number of nitrogens with two attached hydrogens (primary N) is 1. The Morgan fingerprint density at radius 1 is 1.44 bits per heavy atom. The summed E-state index contributed by atoms with van der Waals surface area (Å²) >= 11 is 0. The summed E-state index contributed by atoms with van der Waals surface area (Å²) in [5.74, 6) is 0.737. The lowest BCUT2D eigenvalue weighted by Crippen LogP contribution is -2.63. The maximum Gasteiger partial charge on any atom is 0.276 e. The van der Waals surface area contributed by atoms with Gasteiger partial charge in [-0.25, -0.2) is 5.14 Å². The fraction of sp³-hybridized carbons (Fsp3) is 1.00. The van der Waals surface area contributed by atoms with E-state index >= 15 is 0 Å². The van der Waals surface area contributed by atoms with Gasteiger partial charge >= 0.3 is 0 Å². The Balaban J connectivity index is 2.05. The summed E-state index contributed by atoms with van der Waals surface area (Å²) in [6, 6.07) is 0. The van der Waals surface area contributed by atoms with Crippen molar-refractivity contribution in [3.05, 3.63) is 0 Å². The van der Waals surface area contributed by atoms with Crippen LogP contribution in [0.15, 0.2) is 0 Å². The fourth-order valence-corrected chi connectivity index (χ4v) is 3.97. The van der Waals surface area contributed by atoms with Gasteiger partial charge in [0.25, 0.3) is 10.2 Å². The molecule has 1 saturated heterocycles. The molecule has 0 aromatic heterocycles. The number of hydrogen-bond donors (Lipinski definition) is 2. The molecule has 94 valence electrons. The molecule has 0 radical (unpaired) electrons. The van der Waals surface area contributed by atoms with E-state index in [4.69, 9.17) is 5.14 Å². The number of hydrogen-bond acceptors (Lipinski definition) is 3. The summed E-state index contributed by atoms with van der Waals surface area (Å²) in [6.07, 6.45) is 1.51. The van der Waals surface area contributed by atoms with Crippen molar-refractivity contribution in [3.8, 4) is 0 Å². The van der Waals surface area contributed by atoms with E-state index in [1.807, 2.05) is 0 Å². The fourth-order valence-electron chi connectivity index (χ4n) is 3.09. The summed E-state index contributed by atoms with van der Waals surface area (Å²) in [6.45, 7) is 4.97. The zero-order valence-corrected chi connectivity index (χ0v) is 10.6. The van der Waals surface area contributed by atoms with Gasteiger partial charge in [-0.15, -0.1) is 0 Å². The second-order valence-electron chi connectivity index (χ2n) is 5.57. The van der Waals surface area contributed by atoms with Crippen LogP contribution in [-0.2, 0) is 10.2 Å². The monoisotopic (exact) mass is 248 g/mol. The predicted octanol–water partition coefficient (Wildman–Crippen LogP) is -0.0812. The highest BCUT2D eigenvalue weighted by atomic mass is 32.2. The normalized spacial score (nSPS) is 34.6. The van der Waals surface area contributed by atoms with Crippen LogP contribution in [0.25, 0.3) is 0 Å². The van der Waals surface area contributed by atoms with Gasteiger partial charge in [-0.2, -0.15) is 12.7 Å². The highest BCUT2D eigenvalue weighted by Crippen LogP contribution is 2.50. The molecule has 1 aliphatic heterocycles. The van der Waals surface area contributed by atoms with E-state index in [0.29, 0.717) is 24.9 Å². The van der Waals surface area contributed by atoms with E-state index in [2.05, 4.69) is 13.8 Å². The van der Waals surface area contributed by atoms with Crippen LogP contribution < -0.4 is 5.14 Å². The molecule has 5 nitrogen and oxygen atoms in total. The molecule has 2 atom stereocenters. The Bertz CT molecular complexity index is 374. The van der Waals surface area contributed by atoms with Crippen LogP contribution in [0.1, 0.15) is 26.7 Å². The van der Waals surface area contributed by atoms with Crippen LogP contribution in [0.2, 0.25) is 0 Å². The molecule has 16 heavy (non-hydrogen) atoms. The molecule has 2 aliphatic rings. The molecule has 6 heteroatoms. The lowest BCUT2D eigenvalue weighted by Gasteiger charge is -2.49. The van der Waals surface area contributed by atoms with Crippen molar-refractivity contribution in [1.29, 1.82) is 0 Å². The largest absolute Gasteiger partial charge is 0.392 e. The van der Waals surface area contributed by atoms with Crippen molar-refractivity contribution < 1.29 is 13.5 Å². The van der Waals surface area contributed by atoms with E-state index in [0.717, 1.165) is 12.8 Å². The topological polar surface area (TPSA) is 83.6 Å². The molecule has 2 rings (SSSR count). The lowest BCUT2D eigenvalue weighted by molar-refractivity contribution is -0.0565. The summed E-state index contributed by atoms with van der Waals surface area (Å²) in [5, 5.41) is 15.3. The number of aliphatic hydroxyl groups excluding tert-OH is 1. The van der Waals surface area contributed by atoms with Crippen molar-refractivity contribution >= 4 is 10.2 Å². The first-order chi connectivity index (χ1) is 7.26. The van der Waals surface area contributed by atoms with Crippen LogP contribution >= 0.6 is 0 Å². The van der Waals surface area contributed by atoms with Crippen molar-refractivity contribution in [2.75, 3.05) is 13.1 Å². The second kappa shape index (κ2) is 3.66. The molecule has 1 saturated carbocycles. The molecule has 0 bridgehead atoms. The minimum atomic E-state index is -3.57. The maximum absolute atomic E-state index is 11.1. The summed E-state index contributed by atoms with van der Waals surface area (Å²) in [7, 11) is -3.57.